The monoisotopic (exact) mass is 416 g/mol. The molecule has 150 valence electrons. The Hall–Kier alpha value is -1.79. The highest BCUT2D eigenvalue weighted by Gasteiger charge is 2.53. The molecule has 1 aliphatic heterocycles. The van der Waals surface area contributed by atoms with Gasteiger partial charge in [0.2, 0.25) is 0 Å². The molecule has 1 aliphatic rings. The van der Waals surface area contributed by atoms with Crippen LogP contribution >= 0.6 is 0 Å². The van der Waals surface area contributed by atoms with Crippen molar-refractivity contribution in [3.63, 3.8) is 0 Å². The van der Waals surface area contributed by atoms with Crippen molar-refractivity contribution in [2.75, 3.05) is 26.2 Å². The number of rotatable bonds is 6. The van der Waals surface area contributed by atoms with Crippen molar-refractivity contribution in [3.05, 3.63) is 24.3 Å². The van der Waals surface area contributed by atoms with Gasteiger partial charge in [-0.15, -0.1) is 5.92 Å². The number of halogens is 1. The normalized spacial score (nSPS) is 20.0. The number of piperidine rings is 1. The van der Waals surface area contributed by atoms with Gasteiger partial charge in [-0.3, -0.25) is 10.0 Å². The molecule has 1 aromatic rings. The fraction of sp³-hybridized carbons (Fsp3) is 0.500. The number of nitrogens with zero attached hydrogens (tertiary/aromatic N) is 1. The molecule has 0 aliphatic carbocycles. The van der Waals surface area contributed by atoms with Gasteiger partial charge >= 0.3 is 1.43 Å². The van der Waals surface area contributed by atoms with Crippen molar-refractivity contribution < 1.29 is 37.0 Å². The van der Waals surface area contributed by atoms with Crippen LogP contribution in [-0.4, -0.2) is 55.4 Å². The van der Waals surface area contributed by atoms with E-state index in [1.807, 2.05) is 11.8 Å². The minimum absolute atomic E-state index is 0. The van der Waals surface area contributed by atoms with Crippen LogP contribution < -0.4 is 22.6 Å². The summed E-state index contributed by atoms with van der Waals surface area (Å²) >= 11 is 0. The van der Waals surface area contributed by atoms with Crippen LogP contribution in [0.1, 0.15) is 28.1 Å². The van der Waals surface area contributed by atoms with Gasteiger partial charge in [0.05, 0.1) is 4.90 Å². The summed E-state index contributed by atoms with van der Waals surface area (Å²) in [7, 11) is -4.02. The number of carbonyl (C=O) groups is 1. The Morgan fingerprint density at radius 1 is 1.41 bits per heavy atom. The van der Waals surface area contributed by atoms with E-state index in [-0.39, 0.29) is 38.3 Å². The Morgan fingerprint density at radius 2 is 2.07 bits per heavy atom. The summed E-state index contributed by atoms with van der Waals surface area (Å²) in [5, 5.41) is 9.17. The molecule has 1 atom stereocenters. The average molecular weight is 417 g/mol. The van der Waals surface area contributed by atoms with E-state index in [0.29, 0.717) is 18.7 Å². The van der Waals surface area contributed by atoms with Crippen LogP contribution in [0.4, 0.5) is 0 Å². The second kappa shape index (κ2) is 9.95. The van der Waals surface area contributed by atoms with Crippen molar-refractivity contribution in [2.24, 2.45) is 0 Å². The van der Waals surface area contributed by atoms with Crippen LogP contribution in [0.15, 0.2) is 29.2 Å². The minimum atomic E-state index is -4.02. The SMILES string of the molecule is CC#CCOc1ccc(S(=O)(=O)C2(C(=O)NO)CCCN(CC)C2)cc1.[Cl-].[H+]. The number of amides is 1. The van der Waals surface area contributed by atoms with Gasteiger partial charge in [0.25, 0.3) is 5.91 Å². The van der Waals surface area contributed by atoms with E-state index in [9.17, 15) is 18.4 Å². The van der Waals surface area contributed by atoms with Crippen LogP contribution in [0.5, 0.6) is 5.75 Å². The second-order valence-electron chi connectivity index (χ2n) is 6.10. The van der Waals surface area contributed by atoms with Crippen LogP contribution in [0.2, 0.25) is 0 Å². The summed E-state index contributed by atoms with van der Waals surface area (Å²) in [5.74, 6) is 5.06. The maximum Gasteiger partial charge on any atom is 1.00 e. The van der Waals surface area contributed by atoms with E-state index in [2.05, 4.69) is 11.8 Å². The number of hydrogen-bond donors (Lipinski definition) is 2. The fourth-order valence-electron chi connectivity index (χ4n) is 3.14. The molecule has 0 saturated carbocycles. The summed E-state index contributed by atoms with van der Waals surface area (Å²) in [6.45, 7) is 5.21. The van der Waals surface area contributed by atoms with Crippen molar-refractivity contribution in [1.82, 2.24) is 10.4 Å². The van der Waals surface area contributed by atoms with Crippen LogP contribution in [-0.2, 0) is 14.6 Å². The van der Waals surface area contributed by atoms with Crippen molar-refractivity contribution >= 4 is 15.7 Å². The highest BCUT2D eigenvalue weighted by atomic mass is 35.5. The van der Waals surface area contributed by atoms with Gasteiger partial charge < -0.3 is 22.0 Å². The Kier molecular flexibility index (Phi) is 8.57. The maximum atomic E-state index is 13.3. The molecule has 0 bridgehead atoms. The summed E-state index contributed by atoms with van der Waals surface area (Å²) in [6.07, 6.45) is 0.708. The number of nitrogens with one attached hydrogen (secondary N) is 1. The smallest absolute Gasteiger partial charge is 1.00 e. The van der Waals surface area contributed by atoms with E-state index < -0.39 is 20.5 Å². The van der Waals surface area contributed by atoms with Gasteiger partial charge in [-0.25, -0.2) is 13.9 Å². The van der Waals surface area contributed by atoms with Gasteiger partial charge in [0.15, 0.2) is 14.6 Å². The van der Waals surface area contributed by atoms with Crippen molar-refractivity contribution in [3.8, 4) is 17.6 Å². The fourth-order valence-corrected chi connectivity index (χ4v) is 5.14. The Morgan fingerprint density at radius 3 is 2.63 bits per heavy atom. The number of ether oxygens (including phenoxy) is 1. The van der Waals surface area contributed by atoms with E-state index in [4.69, 9.17) is 4.74 Å². The molecule has 1 saturated heterocycles. The van der Waals surface area contributed by atoms with Gasteiger partial charge in [-0.2, -0.15) is 0 Å². The van der Waals surface area contributed by atoms with Crippen LogP contribution in [0.3, 0.4) is 0 Å². The third kappa shape index (κ3) is 4.74. The zero-order chi connectivity index (χ0) is 19.2. The number of carbonyl (C=O) groups excluding carboxylic acids is 1. The highest BCUT2D eigenvalue weighted by molar-refractivity contribution is 7.93. The quantitative estimate of drug-likeness (QED) is 0.327. The third-order valence-corrected chi connectivity index (χ3v) is 7.07. The van der Waals surface area contributed by atoms with Gasteiger partial charge in [-0.05, 0) is 57.1 Å². The molecular formula is C18H25ClN2O5S. The first-order chi connectivity index (χ1) is 12.4. The second-order valence-corrected chi connectivity index (χ2v) is 8.36. The minimum Gasteiger partial charge on any atom is -1.00 e. The largest absolute Gasteiger partial charge is 1.00 e. The molecule has 1 unspecified atom stereocenters. The Labute approximate surface area is 167 Å². The molecule has 1 aromatic carbocycles. The van der Waals surface area contributed by atoms with Gasteiger partial charge in [-0.1, -0.05) is 12.8 Å². The van der Waals surface area contributed by atoms with E-state index in [0.717, 1.165) is 6.54 Å². The Balaban J connectivity index is 0.00000364. The number of hydrogen-bond acceptors (Lipinski definition) is 6. The van der Waals surface area contributed by atoms with Crippen LogP contribution in [0, 0.1) is 11.8 Å². The maximum absolute atomic E-state index is 13.3. The lowest BCUT2D eigenvalue weighted by Crippen LogP contribution is -3.00. The molecule has 1 fully saturated rings. The molecule has 0 aromatic heterocycles. The van der Waals surface area contributed by atoms with Gasteiger partial charge in [0, 0.05) is 6.54 Å². The zero-order valence-corrected chi connectivity index (χ0v) is 16.9. The third-order valence-electron chi connectivity index (χ3n) is 4.63. The van der Waals surface area contributed by atoms with Crippen LogP contribution in [0.25, 0.3) is 0 Å². The lowest BCUT2D eigenvalue weighted by atomic mass is 9.96. The first-order valence-electron chi connectivity index (χ1n) is 8.45. The molecule has 2 N–H and O–H groups in total. The molecule has 27 heavy (non-hydrogen) atoms. The highest BCUT2D eigenvalue weighted by Crippen LogP contribution is 2.35. The summed E-state index contributed by atoms with van der Waals surface area (Å²) in [4.78, 5) is 14.3. The lowest BCUT2D eigenvalue weighted by Gasteiger charge is -2.40. The molecule has 0 radical (unpaired) electrons. The predicted molar refractivity (Wildman–Crippen MR) is 97.7 cm³/mol. The first-order valence-corrected chi connectivity index (χ1v) is 9.93. The molecule has 1 heterocycles. The predicted octanol–water partition coefficient (Wildman–Crippen LogP) is -1.66. The number of hydroxylamine groups is 1. The van der Waals surface area contributed by atoms with Crippen molar-refractivity contribution in [2.45, 2.75) is 36.3 Å². The van der Waals surface area contributed by atoms with E-state index in [1.165, 1.54) is 24.3 Å². The molecule has 9 heteroatoms. The first kappa shape index (κ1) is 23.2. The van der Waals surface area contributed by atoms with Gasteiger partial charge in [0.1, 0.15) is 12.4 Å². The summed E-state index contributed by atoms with van der Waals surface area (Å²) in [6, 6.07) is 5.91. The number of likely N-dealkylation sites (tertiary alicyclic amines) is 1. The number of benzene rings is 1. The standard InChI is InChI=1S/C18H24N2O5S.ClH/c1-3-5-13-25-15-7-9-16(10-8-15)26(23,24)18(17(21)19-22)11-6-12-20(4-2)14-18;/h7-10,22H,4,6,11-14H2,1-2H3,(H,19,21);1H. The number of sulfone groups is 1. The summed E-state index contributed by atoms with van der Waals surface area (Å²) < 4.78 is 30.2. The molecule has 1 amide bonds. The topological polar surface area (TPSA) is 95.9 Å². The Bertz CT molecular complexity index is 808. The molecule has 0 spiro atoms. The zero-order valence-electron chi connectivity index (χ0n) is 16.4. The molecular weight excluding hydrogens is 392 g/mol. The lowest BCUT2D eigenvalue weighted by molar-refractivity contribution is -0.133. The molecule has 7 nitrogen and oxygen atoms in total. The summed E-state index contributed by atoms with van der Waals surface area (Å²) in [5.41, 5.74) is 1.56. The molecule has 2 rings (SSSR count). The van der Waals surface area contributed by atoms with E-state index in [1.54, 1.807) is 12.4 Å². The van der Waals surface area contributed by atoms with Crippen molar-refractivity contribution in [1.29, 1.82) is 0 Å². The average Bonchev–Trinajstić information content (AvgIpc) is 2.67. The van der Waals surface area contributed by atoms with E-state index >= 15 is 0 Å².